The summed E-state index contributed by atoms with van der Waals surface area (Å²) >= 11 is 0. The zero-order valence-corrected chi connectivity index (χ0v) is 7.35. The van der Waals surface area contributed by atoms with E-state index in [9.17, 15) is 14.9 Å². The fourth-order valence-corrected chi connectivity index (χ4v) is 1.04. The molecule has 0 spiro atoms. The lowest BCUT2D eigenvalue weighted by Gasteiger charge is -1.97. The van der Waals surface area contributed by atoms with E-state index in [4.69, 9.17) is 0 Å². The maximum Gasteiger partial charge on any atom is 0.385 e. The van der Waals surface area contributed by atoms with Crippen LogP contribution in [0.5, 0.6) is 0 Å². The molecule has 1 aromatic rings. The zero-order valence-electron chi connectivity index (χ0n) is 7.35. The first-order chi connectivity index (χ1) is 6.02. The van der Waals surface area contributed by atoms with E-state index in [1.807, 2.05) is 0 Å². The van der Waals surface area contributed by atoms with E-state index >= 15 is 0 Å². The second kappa shape index (κ2) is 3.34. The molecular weight excluding hydrogens is 174 g/mol. The predicted molar refractivity (Wildman–Crippen MR) is 44.2 cm³/mol. The van der Waals surface area contributed by atoms with Gasteiger partial charge in [0.25, 0.3) is 0 Å². The molecule has 0 unspecified atom stereocenters. The number of hydrogen-bond donors (Lipinski definition) is 0. The summed E-state index contributed by atoms with van der Waals surface area (Å²) in [6.07, 6.45) is 1.38. The van der Waals surface area contributed by atoms with Crippen LogP contribution < -0.4 is 0 Å². The van der Waals surface area contributed by atoms with Gasteiger partial charge >= 0.3 is 5.82 Å². The number of aromatic nitrogens is 2. The summed E-state index contributed by atoms with van der Waals surface area (Å²) in [7, 11) is 1.62. The Morgan fingerprint density at radius 3 is 2.85 bits per heavy atom. The van der Waals surface area contributed by atoms with Crippen LogP contribution in [-0.4, -0.2) is 20.3 Å². The minimum absolute atomic E-state index is 0.0484. The van der Waals surface area contributed by atoms with E-state index in [0.29, 0.717) is 5.69 Å². The second-order valence-electron chi connectivity index (χ2n) is 2.76. The largest absolute Gasteiger partial charge is 0.385 e. The van der Waals surface area contributed by atoms with Gasteiger partial charge in [0, 0.05) is 7.05 Å². The Morgan fingerprint density at radius 1 is 1.77 bits per heavy atom. The van der Waals surface area contributed by atoms with Crippen molar-refractivity contribution in [1.82, 2.24) is 9.55 Å². The van der Waals surface area contributed by atoms with Gasteiger partial charge in [-0.3, -0.25) is 4.79 Å². The van der Waals surface area contributed by atoms with Gasteiger partial charge in [-0.1, -0.05) is 0 Å². The number of nitrogens with zero attached hydrogens (tertiary/aromatic N) is 3. The van der Waals surface area contributed by atoms with E-state index in [1.54, 1.807) is 7.05 Å². The summed E-state index contributed by atoms with van der Waals surface area (Å²) in [6.45, 7) is 1.39. The second-order valence-corrected chi connectivity index (χ2v) is 2.76. The SMILES string of the molecule is CC(=O)Cc1c([N+](=O)[O-])ncn1C. The molecule has 0 amide bonds. The molecule has 13 heavy (non-hydrogen) atoms. The predicted octanol–water partition coefficient (Wildman–Crippen LogP) is 0.460. The van der Waals surface area contributed by atoms with Gasteiger partial charge in [-0.25, -0.2) is 0 Å². The third-order valence-corrected chi connectivity index (χ3v) is 1.63. The highest BCUT2D eigenvalue weighted by Gasteiger charge is 2.20. The van der Waals surface area contributed by atoms with Gasteiger partial charge in [-0.15, -0.1) is 0 Å². The molecular formula is C7H9N3O3. The van der Waals surface area contributed by atoms with Crippen molar-refractivity contribution in [1.29, 1.82) is 0 Å². The van der Waals surface area contributed by atoms with Crippen LogP contribution in [0.3, 0.4) is 0 Å². The van der Waals surface area contributed by atoms with Crippen LogP contribution in [0.15, 0.2) is 6.33 Å². The Balaban J connectivity index is 3.08. The number of imidazole rings is 1. The number of carbonyl (C=O) groups is 1. The van der Waals surface area contributed by atoms with Crippen LogP contribution in [0.25, 0.3) is 0 Å². The lowest BCUT2D eigenvalue weighted by molar-refractivity contribution is -0.390. The third kappa shape index (κ3) is 1.90. The Morgan fingerprint density at radius 2 is 2.38 bits per heavy atom. The lowest BCUT2D eigenvalue weighted by atomic mass is 10.2. The van der Waals surface area contributed by atoms with E-state index in [-0.39, 0.29) is 18.0 Å². The van der Waals surface area contributed by atoms with Gasteiger partial charge in [-0.05, 0) is 16.8 Å². The van der Waals surface area contributed by atoms with Crippen LogP contribution in [-0.2, 0) is 18.3 Å². The molecule has 0 bridgehead atoms. The molecule has 1 rings (SSSR count). The van der Waals surface area contributed by atoms with E-state index in [1.165, 1.54) is 17.8 Å². The smallest absolute Gasteiger partial charge is 0.358 e. The van der Waals surface area contributed by atoms with Gasteiger partial charge in [0.05, 0.1) is 6.42 Å². The summed E-state index contributed by atoms with van der Waals surface area (Å²) < 4.78 is 1.49. The molecule has 0 N–H and O–H groups in total. The first kappa shape index (κ1) is 9.37. The molecule has 0 saturated heterocycles. The molecule has 6 heteroatoms. The van der Waals surface area contributed by atoms with Gasteiger partial charge < -0.3 is 14.7 Å². The number of hydrogen-bond acceptors (Lipinski definition) is 4. The summed E-state index contributed by atoms with van der Waals surface area (Å²) in [6, 6.07) is 0. The van der Waals surface area contributed by atoms with E-state index < -0.39 is 4.92 Å². The van der Waals surface area contributed by atoms with Crippen molar-refractivity contribution in [2.24, 2.45) is 7.05 Å². The number of nitro groups is 1. The lowest BCUT2D eigenvalue weighted by Crippen LogP contribution is -2.05. The summed E-state index contributed by atoms with van der Waals surface area (Å²) in [5.41, 5.74) is 0.345. The van der Waals surface area contributed by atoms with Gasteiger partial charge in [0.1, 0.15) is 11.5 Å². The van der Waals surface area contributed by atoms with Crippen LogP contribution in [0, 0.1) is 10.1 Å². The minimum Gasteiger partial charge on any atom is -0.358 e. The van der Waals surface area contributed by atoms with Crippen molar-refractivity contribution in [2.75, 3.05) is 0 Å². The quantitative estimate of drug-likeness (QED) is 0.503. The molecule has 0 aliphatic rings. The molecule has 0 fully saturated rings. The maximum absolute atomic E-state index is 10.8. The molecule has 1 aromatic heterocycles. The fraction of sp³-hybridized carbons (Fsp3) is 0.429. The van der Waals surface area contributed by atoms with Crippen molar-refractivity contribution in [3.05, 3.63) is 22.1 Å². The highest BCUT2D eigenvalue weighted by atomic mass is 16.6. The van der Waals surface area contributed by atoms with Crippen molar-refractivity contribution < 1.29 is 9.72 Å². The summed E-state index contributed by atoms with van der Waals surface area (Å²) in [4.78, 5) is 24.2. The standard InChI is InChI=1S/C7H9N3O3/c1-5(11)3-6-7(10(12)13)8-4-9(6)2/h4H,3H2,1-2H3. The molecule has 70 valence electrons. The normalized spacial score (nSPS) is 10.0. The van der Waals surface area contributed by atoms with Crippen LogP contribution in [0.2, 0.25) is 0 Å². The molecule has 0 aromatic carbocycles. The Labute approximate surface area is 74.3 Å². The third-order valence-electron chi connectivity index (χ3n) is 1.63. The van der Waals surface area contributed by atoms with E-state index in [0.717, 1.165) is 0 Å². The fourth-order valence-electron chi connectivity index (χ4n) is 1.04. The average molecular weight is 183 g/mol. The average Bonchev–Trinajstić information content (AvgIpc) is 2.32. The topological polar surface area (TPSA) is 78.0 Å². The molecule has 0 atom stereocenters. The Bertz CT molecular complexity index is 356. The van der Waals surface area contributed by atoms with Gasteiger partial charge in [0.15, 0.2) is 0 Å². The number of Topliss-reactive ketones (excluding diaryl/α,β-unsaturated/α-hetero) is 1. The molecule has 0 saturated carbocycles. The number of rotatable bonds is 3. The number of carbonyl (C=O) groups excluding carboxylic acids is 1. The Hall–Kier alpha value is -1.72. The summed E-state index contributed by atoms with van der Waals surface area (Å²) in [5, 5.41) is 10.4. The first-order valence-electron chi connectivity index (χ1n) is 3.66. The number of ketones is 1. The molecule has 0 radical (unpaired) electrons. The van der Waals surface area contributed by atoms with Crippen molar-refractivity contribution in [3.8, 4) is 0 Å². The zero-order chi connectivity index (χ0) is 10.0. The molecule has 1 heterocycles. The van der Waals surface area contributed by atoms with Crippen molar-refractivity contribution >= 4 is 11.6 Å². The van der Waals surface area contributed by atoms with Gasteiger partial charge in [-0.2, -0.15) is 0 Å². The maximum atomic E-state index is 10.8. The number of aryl methyl sites for hydroxylation is 1. The summed E-state index contributed by atoms with van der Waals surface area (Å²) in [5.74, 6) is -0.357. The highest BCUT2D eigenvalue weighted by Crippen LogP contribution is 2.15. The Kier molecular flexibility index (Phi) is 2.41. The molecule has 6 nitrogen and oxygen atoms in total. The van der Waals surface area contributed by atoms with Crippen LogP contribution in [0.1, 0.15) is 12.6 Å². The van der Waals surface area contributed by atoms with Crippen LogP contribution >= 0.6 is 0 Å². The minimum atomic E-state index is -0.585. The highest BCUT2D eigenvalue weighted by molar-refractivity contribution is 5.78. The van der Waals surface area contributed by atoms with Crippen LogP contribution in [0.4, 0.5) is 5.82 Å². The monoisotopic (exact) mass is 183 g/mol. The van der Waals surface area contributed by atoms with Crippen molar-refractivity contribution in [2.45, 2.75) is 13.3 Å². The molecule has 0 aliphatic carbocycles. The van der Waals surface area contributed by atoms with E-state index in [2.05, 4.69) is 4.98 Å². The first-order valence-corrected chi connectivity index (χ1v) is 3.66. The van der Waals surface area contributed by atoms with Gasteiger partial charge in [0.2, 0.25) is 6.33 Å². The molecule has 0 aliphatic heterocycles. The van der Waals surface area contributed by atoms with Crippen molar-refractivity contribution in [3.63, 3.8) is 0 Å².